The Morgan fingerprint density at radius 1 is 1.05 bits per heavy atom. The van der Waals surface area contributed by atoms with Gasteiger partial charge in [0, 0.05) is 19.4 Å². The second-order valence-electron chi connectivity index (χ2n) is 3.93. The van der Waals surface area contributed by atoms with Crippen LogP contribution in [0, 0.1) is 0 Å². The van der Waals surface area contributed by atoms with E-state index in [1.807, 2.05) is 0 Å². The van der Waals surface area contributed by atoms with Gasteiger partial charge in [0.2, 0.25) is 5.91 Å². The first kappa shape index (κ1) is 18.1. The summed E-state index contributed by atoms with van der Waals surface area (Å²) in [6, 6.07) is 0. The molecule has 0 radical (unpaired) electrons. The number of hydrogen-bond donors (Lipinski definition) is 2. The molecule has 0 heterocycles. The van der Waals surface area contributed by atoms with Gasteiger partial charge in [-0.25, -0.2) is 0 Å². The van der Waals surface area contributed by atoms with Crippen LogP contribution in [0.15, 0.2) is 12.7 Å². The monoisotopic (exact) mass is 286 g/mol. The maximum atomic E-state index is 11.3. The van der Waals surface area contributed by atoms with Crippen molar-refractivity contribution >= 4 is 17.8 Å². The van der Waals surface area contributed by atoms with E-state index in [4.69, 9.17) is 15.2 Å². The van der Waals surface area contributed by atoms with Gasteiger partial charge in [-0.05, 0) is 18.9 Å². The number of unbranched alkanes of at least 4 members (excludes halogenated alkanes) is 1. The van der Waals surface area contributed by atoms with Crippen molar-refractivity contribution in [2.75, 3.05) is 26.3 Å². The van der Waals surface area contributed by atoms with Crippen LogP contribution in [0.3, 0.4) is 0 Å². The third-order valence-corrected chi connectivity index (χ3v) is 2.24. The molecule has 1 amide bonds. The largest absolute Gasteiger partial charge is 0.464 e. The Bertz CT molecular complexity index is 331. The van der Waals surface area contributed by atoms with Gasteiger partial charge in [0.05, 0.1) is 6.54 Å². The van der Waals surface area contributed by atoms with Crippen LogP contribution < -0.4 is 11.1 Å². The molecule has 0 atom stereocenters. The van der Waals surface area contributed by atoms with E-state index in [9.17, 15) is 14.4 Å². The van der Waals surface area contributed by atoms with Gasteiger partial charge in [-0.1, -0.05) is 6.58 Å². The molecule has 0 aromatic carbocycles. The molecule has 0 aromatic rings. The molecule has 0 spiro atoms. The molecule has 0 unspecified atom stereocenters. The van der Waals surface area contributed by atoms with E-state index in [0.717, 1.165) is 6.08 Å². The molecule has 0 saturated heterocycles. The molecule has 0 rings (SSSR count). The Kier molecular flexibility index (Phi) is 11.0. The lowest BCUT2D eigenvalue weighted by molar-refractivity contribution is -0.145. The highest BCUT2D eigenvalue weighted by atomic mass is 16.5. The van der Waals surface area contributed by atoms with Crippen molar-refractivity contribution in [3.63, 3.8) is 0 Å². The molecule has 0 aromatic heterocycles. The number of nitrogens with one attached hydrogen (secondary N) is 1. The van der Waals surface area contributed by atoms with Crippen molar-refractivity contribution in [3.8, 4) is 0 Å². The van der Waals surface area contributed by atoms with Crippen molar-refractivity contribution in [3.05, 3.63) is 12.7 Å². The lowest BCUT2D eigenvalue weighted by Crippen LogP contribution is -2.26. The van der Waals surface area contributed by atoms with Crippen molar-refractivity contribution < 1.29 is 23.9 Å². The SMILES string of the molecule is C=CC(=O)NCCOC(=O)CCCCC(=O)OCCN. The van der Waals surface area contributed by atoms with Crippen LogP contribution in [0.4, 0.5) is 0 Å². The molecular formula is C13H22N2O5. The van der Waals surface area contributed by atoms with E-state index in [0.29, 0.717) is 19.4 Å². The fourth-order valence-corrected chi connectivity index (χ4v) is 1.27. The Morgan fingerprint density at radius 3 is 2.10 bits per heavy atom. The Hall–Kier alpha value is -1.89. The molecule has 20 heavy (non-hydrogen) atoms. The lowest BCUT2D eigenvalue weighted by atomic mass is 10.2. The van der Waals surface area contributed by atoms with Crippen LogP contribution in [0.1, 0.15) is 25.7 Å². The van der Waals surface area contributed by atoms with Gasteiger partial charge in [0.1, 0.15) is 13.2 Å². The van der Waals surface area contributed by atoms with E-state index in [1.54, 1.807) is 0 Å². The normalized spacial score (nSPS) is 9.65. The van der Waals surface area contributed by atoms with Gasteiger partial charge < -0.3 is 20.5 Å². The first-order chi connectivity index (χ1) is 9.60. The third kappa shape index (κ3) is 11.2. The fourth-order valence-electron chi connectivity index (χ4n) is 1.27. The molecule has 114 valence electrons. The highest BCUT2D eigenvalue weighted by Crippen LogP contribution is 2.02. The maximum absolute atomic E-state index is 11.3. The molecule has 0 fully saturated rings. The number of nitrogens with two attached hydrogens (primary N) is 1. The Labute approximate surface area is 118 Å². The minimum absolute atomic E-state index is 0.122. The number of hydrogen-bond acceptors (Lipinski definition) is 6. The van der Waals surface area contributed by atoms with Crippen LogP contribution >= 0.6 is 0 Å². The zero-order valence-electron chi connectivity index (χ0n) is 11.6. The van der Waals surface area contributed by atoms with Crippen molar-refractivity contribution in [1.82, 2.24) is 5.32 Å². The van der Waals surface area contributed by atoms with Gasteiger partial charge in [0.15, 0.2) is 0 Å². The second kappa shape index (κ2) is 12.2. The van der Waals surface area contributed by atoms with Crippen LogP contribution in [-0.2, 0) is 23.9 Å². The standard InChI is InChI=1S/C13H22N2O5/c1-2-11(16)15-8-10-20-13(18)6-4-3-5-12(17)19-9-7-14/h2H,1,3-10,14H2,(H,15,16). The van der Waals surface area contributed by atoms with Crippen LogP contribution in [0.2, 0.25) is 0 Å². The van der Waals surface area contributed by atoms with E-state index in [2.05, 4.69) is 11.9 Å². The number of rotatable bonds is 11. The van der Waals surface area contributed by atoms with Gasteiger partial charge in [-0.15, -0.1) is 0 Å². The highest BCUT2D eigenvalue weighted by molar-refractivity contribution is 5.86. The summed E-state index contributed by atoms with van der Waals surface area (Å²) in [5.74, 6) is -0.971. The smallest absolute Gasteiger partial charge is 0.305 e. The zero-order chi connectivity index (χ0) is 15.2. The maximum Gasteiger partial charge on any atom is 0.305 e. The summed E-state index contributed by atoms with van der Waals surface area (Å²) in [6.07, 6.45) is 2.76. The minimum Gasteiger partial charge on any atom is -0.464 e. The number of esters is 2. The summed E-state index contributed by atoms with van der Waals surface area (Å²) in [7, 11) is 0. The Morgan fingerprint density at radius 2 is 1.60 bits per heavy atom. The third-order valence-electron chi connectivity index (χ3n) is 2.24. The second-order valence-corrected chi connectivity index (χ2v) is 3.93. The van der Waals surface area contributed by atoms with E-state index >= 15 is 0 Å². The first-order valence-electron chi connectivity index (χ1n) is 6.51. The summed E-state index contributed by atoms with van der Waals surface area (Å²) in [5.41, 5.74) is 5.19. The van der Waals surface area contributed by atoms with E-state index < -0.39 is 0 Å². The molecule has 0 saturated carbocycles. The van der Waals surface area contributed by atoms with Gasteiger partial charge in [-0.3, -0.25) is 14.4 Å². The van der Waals surface area contributed by atoms with Gasteiger partial charge >= 0.3 is 11.9 Å². The summed E-state index contributed by atoms with van der Waals surface area (Å²) < 4.78 is 9.67. The number of ether oxygens (including phenoxy) is 2. The molecule has 0 aliphatic heterocycles. The summed E-state index contributed by atoms with van der Waals surface area (Å²) >= 11 is 0. The van der Waals surface area contributed by atoms with Gasteiger partial charge in [-0.2, -0.15) is 0 Å². The quantitative estimate of drug-likeness (QED) is 0.312. The predicted octanol–water partition coefficient (Wildman–Crippen LogP) is -0.106. The molecule has 3 N–H and O–H groups in total. The predicted molar refractivity (Wildman–Crippen MR) is 72.6 cm³/mol. The van der Waals surface area contributed by atoms with E-state index in [1.165, 1.54) is 0 Å². The van der Waals surface area contributed by atoms with Crippen LogP contribution in [-0.4, -0.2) is 44.1 Å². The highest BCUT2D eigenvalue weighted by Gasteiger charge is 2.05. The summed E-state index contributed by atoms with van der Waals surface area (Å²) in [6.45, 7) is 4.19. The first-order valence-corrected chi connectivity index (χ1v) is 6.51. The van der Waals surface area contributed by atoms with Crippen molar-refractivity contribution in [2.24, 2.45) is 5.73 Å². The molecule has 0 aliphatic carbocycles. The fraction of sp³-hybridized carbons (Fsp3) is 0.615. The molecular weight excluding hydrogens is 264 g/mol. The summed E-state index contributed by atoms with van der Waals surface area (Å²) in [5, 5.41) is 2.48. The minimum atomic E-state index is -0.354. The molecule has 0 aliphatic rings. The number of amides is 1. The Balaban J connectivity index is 3.43. The lowest BCUT2D eigenvalue weighted by Gasteiger charge is -2.05. The average Bonchev–Trinajstić information content (AvgIpc) is 2.45. The molecule has 0 bridgehead atoms. The van der Waals surface area contributed by atoms with Gasteiger partial charge in [0.25, 0.3) is 0 Å². The zero-order valence-corrected chi connectivity index (χ0v) is 11.6. The topological polar surface area (TPSA) is 108 Å². The molecule has 7 nitrogen and oxygen atoms in total. The van der Waals surface area contributed by atoms with Crippen molar-refractivity contribution in [2.45, 2.75) is 25.7 Å². The van der Waals surface area contributed by atoms with Crippen LogP contribution in [0.25, 0.3) is 0 Å². The van der Waals surface area contributed by atoms with Crippen LogP contribution in [0.5, 0.6) is 0 Å². The summed E-state index contributed by atoms with van der Waals surface area (Å²) in [4.78, 5) is 33.2. The average molecular weight is 286 g/mol. The van der Waals surface area contributed by atoms with Crippen molar-refractivity contribution in [1.29, 1.82) is 0 Å². The molecule has 7 heteroatoms. The number of carbonyl (C=O) groups is 3. The van der Waals surface area contributed by atoms with E-state index in [-0.39, 0.29) is 50.4 Å². The number of carbonyl (C=O) groups excluding carboxylic acids is 3.